The van der Waals surface area contributed by atoms with Crippen molar-refractivity contribution < 1.29 is 28.6 Å². The number of ether oxygens (including phenoxy) is 3. The predicted molar refractivity (Wildman–Crippen MR) is 111 cm³/mol. The van der Waals surface area contributed by atoms with Crippen LogP contribution in [0.5, 0.6) is 5.75 Å². The molecule has 7 heteroatoms. The van der Waals surface area contributed by atoms with Gasteiger partial charge in [0.1, 0.15) is 5.75 Å². The van der Waals surface area contributed by atoms with E-state index >= 15 is 0 Å². The van der Waals surface area contributed by atoms with E-state index in [9.17, 15) is 14.4 Å². The van der Waals surface area contributed by atoms with Crippen LogP contribution in [0.3, 0.4) is 0 Å². The van der Waals surface area contributed by atoms with Crippen molar-refractivity contribution in [3.63, 3.8) is 0 Å². The number of hydrogen-bond donors (Lipinski definition) is 1. The van der Waals surface area contributed by atoms with Crippen molar-refractivity contribution >= 4 is 17.8 Å². The summed E-state index contributed by atoms with van der Waals surface area (Å²) < 4.78 is 15.0. The molecule has 0 atom stereocenters. The SMILES string of the molecule is COC(=O)c1ccc(CNC(=O)COC(=O)COc2ccc(C(C)C)c(C)c2)cc1. The fraction of sp³-hybridized carbons (Fsp3) is 0.348. The first kappa shape index (κ1) is 22.9. The van der Waals surface area contributed by atoms with Crippen molar-refractivity contribution in [1.82, 2.24) is 5.32 Å². The summed E-state index contributed by atoms with van der Waals surface area (Å²) in [6.45, 7) is 5.80. The van der Waals surface area contributed by atoms with E-state index in [0.717, 1.165) is 11.1 Å². The topological polar surface area (TPSA) is 90.9 Å². The molecule has 1 amide bonds. The summed E-state index contributed by atoms with van der Waals surface area (Å²) in [6, 6.07) is 12.3. The Labute approximate surface area is 176 Å². The molecule has 0 aliphatic heterocycles. The van der Waals surface area contributed by atoms with Gasteiger partial charge in [-0.25, -0.2) is 9.59 Å². The normalized spacial score (nSPS) is 10.4. The van der Waals surface area contributed by atoms with Crippen LogP contribution in [-0.2, 0) is 25.6 Å². The summed E-state index contributed by atoms with van der Waals surface area (Å²) in [5, 5.41) is 2.64. The zero-order chi connectivity index (χ0) is 22.1. The number of benzene rings is 2. The largest absolute Gasteiger partial charge is 0.482 e. The standard InChI is InChI=1S/C23H27NO6/c1-15(2)20-10-9-19(11-16(20)3)29-14-22(26)30-13-21(25)24-12-17-5-7-18(8-6-17)23(27)28-4/h5-11,15H,12-14H2,1-4H3,(H,24,25). The van der Waals surface area contributed by atoms with Gasteiger partial charge in [0.25, 0.3) is 5.91 Å². The van der Waals surface area contributed by atoms with Crippen molar-refractivity contribution in [3.8, 4) is 5.75 Å². The van der Waals surface area contributed by atoms with E-state index in [2.05, 4.69) is 23.9 Å². The Morgan fingerprint density at radius 1 is 1.00 bits per heavy atom. The Morgan fingerprint density at radius 3 is 2.30 bits per heavy atom. The van der Waals surface area contributed by atoms with Crippen LogP contribution in [0.15, 0.2) is 42.5 Å². The van der Waals surface area contributed by atoms with Crippen LogP contribution in [0.1, 0.15) is 46.8 Å². The van der Waals surface area contributed by atoms with Gasteiger partial charge in [-0.2, -0.15) is 0 Å². The highest BCUT2D eigenvalue weighted by atomic mass is 16.6. The molecule has 160 valence electrons. The molecular weight excluding hydrogens is 386 g/mol. The van der Waals surface area contributed by atoms with Gasteiger partial charge >= 0.3 is 11.9 Å². The van der Waals surface area contributed by atoms with E-state index in [-0.39, 0.29) is 13.2 Å². The molecule has 0 saturated heterocycles. The molecule has 0 fully saturated rings. The van der Waals surface area contributed by atoms with E-state index < -0.39 is 24.5 Å². The lowest BCUT2D eigenvalue weighted by Crippen LogP contribution is -2.29. The van der Waals surface area contributed by atoms with E-state index in [1.165, 1.54) is 12.7 Å². The predicted octanol–water partition coefficient (Wildman–Crippen LogP) is 3.14. The van der Waals surface area contributed by atoms with E-state index in [0.29, 0.717) is 17.2 Å². The van der Waals surface area contributed by atoms with Crippen molar-refractivity contribution in [2.45, 2.75) is 33.2 Å². The third kappa shape index (κ3) is 6.92. The second kappa shape index (κ2) is 11.0. The van der Waals surface area contributed by atoms with Crippen molar-refractivity contribution in [1.29, 1.82) is 0 Å². The molecular formula is C23H27NO6. The molecule has 2 rings (SSSR count). The monoisotopic (exact) mass is 413 g/mol. The smallest absolute Gasteiger partial charge is 0.344 e. The van der Waals surface area contributed by atoms with Gasteiger partial charge in [0.15, 0.2) is 13.2 Å². The molecule has 0 radical (unpaired) electrons. The number of amides is 1. The first-order valence-corrected chi connectivity index (χ1v) is 9.63. The average molecular weight is 413 g/mol. The quantitative estimate of drug-likeness (QED) is 0.635. The Morgan fingerprint density at radius 2 is 1.70 bits per heavy atom. The average Bonchev–Trinajstić information content (AvgIpc) is 2.74. The van der Waals surface area contributed by atoms with E-state index in [4.69, 9.17) is 9.47 Å². The Balaban J connectivity index is 1.71. The number of carbonyl (C=O) groups excluding carboxylic acids is 3. The third-order valence-corrected chi connectivity index (χ3v) is 4.45. The van der Waals surface area contributed by atoms with Gasteiger partial charge in [-0.1, -0.05) is 32.0 Å². The maximum Gasteiger partial charge on any atom is 0.344 e. The molecule has 0 bridgehead atoms. The van der Waals surface area contributed by atoms with Gasteiger partial charge in [-0.05, 0) is 53.8 Å². The minimum Gasteiger partial charge on any atom is -0.482 e. The highest BCUT2D eigenvalue weighted by Gasteiger charge is 2.10. The maximum absolute atomic E-state index is 11.9. The highest BCUT2D eigenvalue weighted by molar-refractivity contribution is 5.89. The van der Waals surface area contributed by atoms with Crippen LogP contribution in [0.2, 0.25) is 0 Å². The zero-order valence-electron chi connectivity index (χ0n) is 17.7. The molecule has 0 saturated carbocycles. The number of carbonyl (C=O) groups is 3. The van der Waals surface area contributed by atoms with Crippen LogP contribution in [-0.4, -0.2) is 38.2 Å². The van der Waals surface area contributed by atoms with E-state index in [1.54, 1.807) is 24.3 Å². The first-order valence-electron chi connectivity index (χ1n) is 9.63. The summed E-state index contributed by atoms with van der Waals surface area (Å²) in [5.74, 6) is -0.497. The molecule has 2 aromatic carbocycles. The molecule has 0 heterocycles. The Hall–Kier alpha value is -3.35. The van der Waals surface area contributed by atoms with Gasteiger partial charge in [0.2, 0.25) is 0 Å². The molecule has 0 aliphatic rings. The molecule has 0 spiro atoms. The second-order valence-electron chi connectivity index (χ2n) is 7.09. The van der Waals surface area contributed by atoms with Crippen molar-refractivity contribution in [2.24, 2.45) is 0 Å². The zero-order valence-corrected chi connectivity index (χ0v) is 17.7. The van der Waals surface area contributed by atoms with Crippen LogP contribution >= 0.6 is 0 Å². The van der Waals surface area contributed by atoms with Crippen LogP contribution in [0.4, 0.5) is 0 Å². The Bertz CT molecular complexity index is 889. The highest BCUT2D eigenvalue weighted by Crippen LogP contribution is 2.23. The summed E-state index contributed by atoms with van der Waals surface area (Å²) in [4.78, 5) is 35.1. The van der Waals surface area contributed by atoms with Crippen LogP contribution in [0.25, 0.3) is 0 Å². The number of aryl methyl sites for hydroxylation is 1. The lowest BCUT2D eigenvalue weighted by Gasteiger charge is -2.12. The molecule has 0 aromatic heterocycles. The van der Waals surface area contributed by atoms with Gasteiger partial charge in [0.05, 0.1) is 12.7 Å². The van der Waals surface area contributed by atoms with E-state index in [1.807, 2.05) is 25.1 Å². The summed E-state index contributed by atoms with van der Waals surface area (Å²) >= 11 is 0. The van der Waals surface area contributed by atoms with Crippen molar-refractivity contribution in [3.05, 3.63) is 64.7 Å². The summed E-state index contributed by atoms with van der Waals surface area (Å²) in [6.07, 6.45) is 0. The molecule has 0 aliphatic carbocycles. The third-order valence-electron chi connectivity index (χ3n) is 4.45. The Kier molecular flexibility index (Phi) is 8.41. The molecule has 7 nitrogen and oxygen atoms in total. The van der Waals surface area contributed by atoms with Crippen LogP contribution < -0.4 is 10.1 Å². The number of rotatable bonds is 9. The molecule has 30 heavy (non-hydrogen) atoms. The number of esters is 2. The molecule has 0 unspecified atom stereocenters. The van der Waals surface area contributed by atoms with Crippen LogP contribution in [0, 0.1) is 6.92 Å². The molecule has 1 N–H and O–H groups in total. The minimum atomic E-state index is -0.627. The second-order valence-corrected chi connectivity index (χ2v) is 7.09. The summed E-state index contributed by atoms with van der Waals surface area (Å²) in [5.41, 5.74) is 3.54. The number of hydrogen-bond acceptors (Lipinski definition) is 6. The minimum absolute atomic E-state index is 0.246. The first-order chi connectivity index (χ1) is 14.3. The van der Waals surface area contributed by atoms with Crippen molar-refractivity contribution in [2.75, 3.05) is 20.3 Å². The number of nitrogens with one attached hydrogen (secondary N) is 1. The van der Waals surface area contributed by atoms with Gasteiger partial charge in [0, 0.05) is 6.54 Å². The maximum atomic E-state index is 11.9. The van der Waals surface area contributed by atoms with Gasteiger partial charge in [-0.3, -0.25) is 4.79 Å². The lowest BCUT2D eigenvalue weighted by atomic mass is 9.98. The van der Waals surface area contributed by atoms with Gasteiger partial charge < -0.3 is 19.5 Å². The fourth-order valence-electron chi connectivity index (χ4n) is 2.84. The molecule has 2 aromatic rings. The summed E-state index contributed by atoms with van der Waals surface area (Å²) in [7, 11) is 1.31. The van der Waals surface area contributed by atoms with Gasteiger partial charge in [-0.15, -0.1) is 0 Å². The lowest BCUT2D eigenvalue weighted by molar-refractivity contribution is -0.150. The number of methoxy groups -OCH3 is 1. The fourth-order valence-corrected chi connectivity index (χ4v) is 2.84.